The summed E-state index contributed by atoms with van der Waals surface area (Å²) < 4.78 is 149. The molecule has 0 radical (unpaired) electrons. The first-order chi connectivity index (χ1) is 63.1. The van der Waals surface area contributed by atoms with Crippen LogP contribution in [-0.4, -0.2) is 131 Å². The van der Waals surface area contributed by atoms with Gasteiger partial charge in [0.2, 0.25) is 0 Å². The number of hydrogen-bond acceptors (Lipinski definition) is 21. The zero-order valence-corrected chi connectivity index (χ0v) is 75.7. The van der Waals surface area contributed by atoms with Crippen LogP contribution in [0.4, 0.5) is 54.8 Å². The number of H-pyrrole nitrogens is 3. The van der Waals surface area contributed by atoms with Crippen molar-refractivity contribution in [3.8, 4) is 17.1 Å². The number of nitrogens with one attached hydrogen (secondary N) is 3. The van der Waals surface area contributed by atoms with E-state index in [9.17, 15) is 63.8 Å². The van der Waals surface area contributed by atoms with Crippen molar-refractivity contribution in [2.24, 2.45) is 35.2 Å². The molecular weight excluding hydrogens is 1960 g/mol. The summed E-state index contributed by atoms with van der Waals surface area (Å²) in [5.41, 5.74) is 14.5. The molecule has 133 heavy (non-hydrogen) atoms. The molecule has 0 atom stereocenters. The van der Waals surface area contributed by atoms with Crippen molar-refractivity contribution >= 4 is 199 Å². The fourth-order valence-corrected chi connectivity index (χ4v) is 16.2. The third kappa shape index (κ3) is 18.9. The number of imidazole rings is 5. The largest absolute Gasteiger partial charge is 0.478 e. The van der Waals surface area contributed by atoms with Crippen LogP contribution in [-0.2, 0) is 35.2 Å². The van der Waals surface area contributed by atoms with E-state index in [1.807, 2.05) is 11.6 Å². The first kappa shape index (κ1) is 95.1. The number of hydrogen-bond donors (Lipinski definition) is 8. The van der Waals surface area contributed by atoms with Crippen LogP contribution in [0.5, 0.6) is 0 Å². The molecular formula is C83H67BBrCl5F10N22O10S. The van der Waals surface area contributed by atoms with Gasteiger partial charge in [0.15, 0.2) is 60.8 Å². The van der Waals surface area contributed by atoms with Crippen molar-refractivity contribution < 1.29 is 63.3 Å². The number of benzene rings is 5. The zero-order valence-electron chi connectivity index (χ0n) is 69.5. The Balaban J connectivity index is 0.000000123. The molecule has 5 fully saturated rings. The minimum absolute atomic E-state index is 0.0212. The van der Waals surface area contributed by atoms with E-state index in [-0.39, 0.29) is 108 Å². The summed E-state index contributed by atoms with van der Waals surface area (Å²) in [4.78, 5) is 127. The van der Waals surface area contributed by atoms with E-state index in [2.05, 4.69) is 75.7 Å². The van der Waals surface area contributed by atoms with Crippen LogP contribution >= 0.6 is 86.1 Å². The van der Waals surface area contributed by atoms with Crippen molar-refractivity contribution in [3.05, 3.63) is 259 Å². The number of carboxylic acids is 1. The second-order valence-electron chi connectivity index (χ2n) is 31.3. The maximum Gasteiger partial charge on any atom is 0.454 e. The quantitative estimate of drug-likeness (QED) is 0.0288. The third-order valence-electron chi connectivity index (χ3n) is 22.1. The normalized spacial score (nSPS) is 13.9. The SMILES string of the molecule is CSF.Cn1cnc2c(Br)c(N)c(F)cc21.Cn1cnc2c(C3CC3)c(-n3c(=O)[nH]c(=O)c4cc(F)c(Cl)nc43)c(F)cc21.Cn1cnc2c(C3CC3)c(-n3c(=O)[nH]c(=O)c4cc(F)c(Cl)nc43)c(F)cc21.Cn1cnc2c(C3CC3)c(-n3c(=O)[nH]c(=O)c4cc(F)c(Cl)nc43)c(F)cc21.Cn1cnc2c(C3CC3)c(N)c(F)cc21.O=C(O)c1cc(F)c(Cl)nc1Cl.OB(O)C1CC1. The highest BCUT2D eigenvalue weighted by Crippen LogP contribution is 2.51. The lowest BCUT2D eigenvalue weighted by atomic mass is 9.84. The Morgan fingerprint density at radius 3 is 0.955 bits per heavy atom. The van der Waals surface area contributed by atoms with Crippen molar-refractivity contribution in [3.63, 3.8) is 0 Å². The maximum absolute atomic E-state index is 15.3. The molecule has 5 aromatic carbocycles. The molecule has 5 aliphatic rings. The van der Waals surface area contributed by atoms with Crippen LogP contribution < -0.4 is 45.2 Å². The molecule has 0 spiro atoms. The molecule has 0 aliphatic heterocycles. The molecule has 0 saturated heterocycles. The predicted octanol–water partition coefficient (Wildman–Crippen LogP) is 15.6. The van der Waals surface area contributed by atoms with Crippen LogP contribution in [0.1, 0.15) is 120 Å². The second kappa shape index (κ2) is 37.9. The zero-order chi connectivity index (χ0) is 96.0. The van der Waals surface area contributed by atoms with Crippen LogP contribution in [0.3, 0.4) is 0 Å². The number of fused-ring (bicyclic) bond motifs is 8. The number of anilines is 2. The average Bonchev–Trinajstić information content (AvgIpc) is 1.59. The smallest absolute Gasteiger partial charge is 0.454 e. The van der Waals surface area contributed by atoms with E-state index in [0.717, 1.165) is 124 Å². The van der Waals surface area contributed by atoms with Gasteiger partial charge in [-0.05, 0) is 121 Å². The number of rotatable bonds is 9. The number of carbonyl (C=O) groups is 1. The van der Waals surface area contributed by atoms with Crippen molar-refractivity contribution in [1.29, 1.82) is 0 Å². The van der Waals surface area contributed by atoms with Gasteiger partial charge in [-0.15, -0.1) is 0 Å². The summed E-state index contributed by atoms with van der Waals surface area (Å²) >= 11 is 31.4. The number of nitrogens with zero attached hydrogens (tertiary/aromatic N) is 17. The van der Waals surface area contributed by atoms with Crippen molar-refractivity contribution in [2.75, 3.05) is 17.7 Å². The van der Waals surface area contributed by atoms with Crippen LogP contribution in [0, 0.1) is 52.4 Å². The van der Waals surface area contributed by atoms with E-state index in [1.54, 1.807) is 78.1 Å². The highest BCUT2D eigenvalue weighted by atomic mass is 79.9. The number of halogens is 16. The highest BCUT2D eigenvalue weighted by Gasteiger charge is 2.39. The maximum atomic E-state index is 15.3. The summed E-state index contributed by atoms with van der Waals surface area (Å²) in [6.45, 7) is 0. The number of aromatic nitrogens is 20. The number of nitrogens with two attached hydrogens (primary N) is 2. The molecule has 0 bridgehead atoms. The van der Waals surface area contributed by atoms with Gasteiger partial charge in [0.1, 0.15) is 39.8 Å². The lowest BCUT2D eigenvalue weighted by Crippen LogP contribution is -2.31. The number of carboxylic acid groups (broad SMARTS) is 1. The molecule has 690 valence electrons. The monoisotopic (exact) mass is 2020 g/mol. The molecule has 12 aromatic heterocycles. The van der Waals surface area contributed by atoms with E-state index in [0.29, 0.717) is 65.7 Å². The molecule has 32 nitrogen and oxygen atoms in total. The van der Waals surface area contributed by atoms with Gasteiger partial charge in [-0.25, -0.2) is 117 Å². The topological polar surface area (TPSA) is 435 Å². The lowest BCUT2D eigenvalue weighted by molar-refractivity contribution is 0.0695. The predicted molar refractivity (Wildman–Crippen MR) is 486 cm³/mol. The van der Waals surface area contributed by atoms with E-state index < -0.39 is 120 Å². The molecule has 10 N–H and O–H groups in total. The molecule has 17 aromatic rings. The Morgan fingerprint density at radius 2 is 0.669 bits per heavy atom. The number of aromatic carboxylic acids is 1. The molecule has 5 aliphatic carbocycles. The van der Waals surface area contributed by atoms with Gasteiger partial charge < -0.3 is 49.5 Å². The Labute approximate surface area is 776 Å². The summed E-state index contributed by atoms with van der Waals surface area (Å²) in [7, 11) is 7.87. The molecule has 22 rings (SSSR count). The number of aryl methyl sites for hydroxylation is 5. The van der Waals surface area contributed by atoms with Crippen LogP contribution in [0.25, 0.3) is 105 Å². The number of aromatic amines is 3. The van der Waals surface area contributed by atoms with Crippen molar-refractivity contribution in [1.82, 2.24) is 96.3 Å². The summed E-state index contributed by atoms with van der Waals surface area (Å²) in [5.74, 6) is -7.05. The average molecular weight is 2020 g/mol. The molecule has 50 heteroatoms. The van der Waals surface area contributed by atoms with Crippen molar-refractivity contribution in [2.45, 2.75) is 93.7 Å². The molecule has 12 heterocycles. The summed E-state index contributed by atoms with van der Waals surface area (Å²) in [6, 6.07) is 10.0. The van der Waals surface area contributed by atoms with Crippen LogP contribution in [0.15, 0.2) is 119 Å². The van der Waals surface area contributed by atoms with Gasteiger partial charge in [-0.2, -0.15) is 3.89 Å². The van der Waals surface area contributed by atoms with Gasteiger partial charge >= 0.3 is 30.2 Å². The van der Waals surface area contributed by atoms with Gasteiger partial charge in [-0.1, -0.05) is 70.8 Å². The second-order valence-corrected chi connectivity index (χ2v) is 34.2. The van der Waals surface area contributed by atoms with Crippen LogP contribution in [0.2, 0.25) is 31.6 Å². The standard InChI is InChI=1S/3C18H12ClF2N5O2.C11H12FN3.C8H7BrFN3.C6H2Cl2FNO2.C3H7BO2.CH3FS/c3*1-25-6-22-13-11(25)5-9(20)14(12(13)7-2-3-7)26-16-8(17(27)24-18(26)28)4-10(21)15(19)23-16;1-15-5-14-11-8(15)4-7(12)10(13)9(11)6-2-3-6;1-13-3-12-8-5(13)2-4(10)7(11)6(8)9;7-4-2(6(11)12)1-3(9)5(8)10-4;5-4(6)3-1-2-3;1-3-2/h3*4-7H,2-3H2,1H3,(H,24,27,28);4-6H,2-3,13H2,1H3;2-3H,11H2,1H3;1H,(H,11,12);3,5-6H,1-2H2;1H3. The van der Waals surface area contributed by atoms with E-state index >= 15 is 13.2 Å². The van der Waals surface area contributed by atoms with E-state index in [4.69, 9.17) is 84.6 Å². The summed E-state index contributed by atoms with van der Waals surface area (Å²) in [6.07, 6.45) is 18.5. The number of nitrogen functional groups attached to an aromatic ring is 2. The van der Waals surface area contributed by atoms with E-state index in [1.165, 1.54) is 36.6 Å². The fourth-order valence-electron chi connectivity index (χ4n) is 14.9. The Bertz CT molecular complexity index is 7540. The van der Waals surface area contributed by atoms with Gasteiger partial charge in [0, 0.05) is 106 Å². The first-order valence-corrected chi connectivity index (χ1v) is 43.6. The Kier molecular flexibility index (Phi) is 27.1. The van der Waals surface area contributed by atoms with Gasteiger partial charge in [0.05, 0.1) is 136 Å². The highest BCUT2D eigenvalue weighted by molar-refractivity contribution is 9.10. The number of pyridine rings is 4. The Hall–Kier alpha value is -12.5. The minimum Gasteiger partial charge on any atom is -0.478 e. The summed E-state index contributed by atoms with van der Waals surface area (Å²) in [5, 5.41) is 22.0. The Morgan fingerprint density at radius 1 is 0.406 bits per heavy atom. The lowest BCUT2D eigenvalue weighted by Gasteiger charge is -2.15. The minimum atomic E-state index is -1.34. The molecule has 0 unspecified atom stereocenters. The third-order valence-corrected chi connectivity index (χ3v) is 24.2. The molecule has 0 amide bonds. The first-order valence-electron chi connectivity index (χ1n) is 39.8. The van der Waals surface area contributed by atoms with Gasteiger partial charge in [-0.3, -0.25) is 29.3 Å². The molecule has 5 saturated carbocycles. The van der Waals surface area contributed by atoms with Gasteiger partial charge in [0.25, 0.3) is 16.7 Å². The fraction of sp³-hybridized carbons (Fsp3) is 0.253.